The molecule has 0 aromatic heterocycles. The summed E-state index contributed by atoms with van der Waals surface area (Å²) in [5.41, 5.74) is -0.111. The molecule has 9 heteroatoms. The number of methoxy groups -OCH3 is 1. The fourth-order valence-corrected chi connectivity index (χ4v) is 5.75. The maximum Gasteiger partial charge on any atom is 0.347 e. The maximum absolute atomic E-state index is 13.4. The number of esters is 1. The fraction of sp³-hybridized carbons (Fsp3) is 0.568. The Morgan fingerprint density at radius 1 is 0.696 bits per heavy atom. The second-order valence-electron chi connectivity index (χ2n) is 11.8. The molecule has 2 aromatic rings. The number of carbonyl (C=O) groups excluding carboxylic acids is 4. The molecule has 252 valence electrons. The quantitative estimate of drug-likeness (QED) is 0.0946. The Labute approximate surface area is 273 Å². The molecule has 2 aromatic carbocycles. The molecular formula is C37H50O9. The van der Waals surface area contributed by atoms with E-state index in [4.69, 9.17) is 23.7 Å². The lowest BCUT2D eigenvalue weighted by molar-refractivity contribution is -0.151. The number of unbranched alkanes of at least 4 members (excludes halogenated alkanes) is 3. The summed E-state index contributed by atoms with van der Waals surface area (Å²) in [5.74, 6) is -0.788. The summed E-state index contributed by atoms with van der Waals surface area (Å²) < 4.78 is 28.5. The molecule has 0 radical (unpaired) electrons. The first kappa shape index (κ1) is 36.9. The van der Waals surface area contributed by atoms with E-state index >= 15 is 0 Å². The van der Waals surface area contributed by atoms with Crippen molar-refractivity contribution >= 4 is 23.3 Å². The second kappa shape index (κ2) is 17.4. The molecule has 46 heavy (non-hydrogen) atoms. The number of hydrogen-bond donors (Lipinski definition) is 0. The Balaban J connectivity index is 1.56. The molecule has 0 spiro atoms. The van der Waals surface area contributed by atoms with Gasteiger partial charge >= 0.3 is 5.97 Å². The summed E-state index contributed by atoms with van der Waals surface area (Å²) in [6.45, 7) is 12.3. The molecule has 2 atom stereocenters. The Morgan fingerprint density at radius 2 is 1.20 bits per heavy atom. The standard InChI is InChI=1S/C37H50O9/c1-8-26(9-2)43-20-14-12-13-15-21-44-36(41)25(6)46-28-17-19-30-32(23-28)34(39)29-18-16-27(22-31(29)33(30)38)45-24(5)35(40)37(10-3,11-4)42-7/h16-19,22-26H,8-15,20-21H2,1-7H3. The van der Waals surface area contributed by atoms with Crippen LogP contribution in [-0.4, -0.2) is 67.6 Å². The van der Waals surface area contributed by atoms with E-state index in [9.17, 15) is 19.2 Å². The molecule has 0 bridgehead atoms. The van der Waals surface area contributed by atoms with Crippen LogP contribution in [0.4, 0.5) is 0 Å². The molecule has 0 heterocycles. The largest absolute Gasteiger partial charge is 0.483 e. The minimum atomic E-state index is -0.950. The van der Waals surface area contributed by atoms with Crippen molar-refractivity contribution in [2.45, 2.75) is 117 Å². The Kier molecular flexibility index (Phi) is 13.9. The third kappa shape index (κ3) is 8.82. The van der Waals surface area contributed by atoms with E-state index in [1.807, 2.05) is 13.8 Å². The van der Waals surface area contributed by atoms with Crippen LogP contribution in [0, 0.1) is 0 Å². The molecule has 0 N–H and O–H groups in total. The first-order valence-corrected chi connectivity index (χ1v) is 16.6. The summed E-state index contributed by atoms with van der Waals surface area (Å²) in [7, 11) is 1.51. The van der Waals surface area contributed by atoms with Crippen LogP contribution in [0.1, 0.15) is 125 Å². The Morgan fingerprint density at radius 3 is 1.67 bits per heavy atom. The molecule has 9 nitrogen and oxygen atoms in total. The second-order valence-corrected chi connectivity index (χ2v) is 11.8. The summed E-state index contributed by atoms with van der Waals surface area (Å²) >= 11 is 0. The first-order valence-electron chi connectivity index (χ1n) is 16.6. The highest BCUT2D eigenvalue weighted by atomic mass is 16.6. The van der Waals surface area contributed by atoms with Crippen LogP contribution in [0.3, 0.4) is 0 Å². The molecule has 0 amide bonds. The lowest BCUT2D eigenvalue weighted by Crippen LogP contribution is -2.46. The van der Waals surface area contributed by atoms with E-state index in [2.05, 4.69) is 13.8 Å². The van der Waals surface area contributed by atoms with Crippen LogP contribution in [0.2, 0.25) is 0 Å². The third-order valence-corrected chi connectivity index (χ3v) is 8.82. The van der Waals surface area contributed by atoms with Gasteiger partial charge < -0.3 is 23.7 Å². The zero-order valence-corrected chi connectivity index (χ0v) is 28.4. The topological polar surface area (TPSA) is 114 Å². The van der Waals surface area contributed by atoms with Gasteiger partial charge in [-0.25, -0.2) is 4.79 Å². The lowest BCUT2D eigenvalue weighted by Gasteiger charge is -2.31. The van der Waals surface area contributed by atoms with E-state index in [0.717, 1.165) is 45.1 Å². The van der Waals surface area contributed by atoms with Crippen molar-refractivity contribution in [2.24, 2.45) is 0 Å². The van der Waals surface area contributed by atoms with Crippen molar-refractivity contribution in [1.29, 1.82) is 0 Å². The predicted octanol–water partition coefficient (Wildman–Crippen LogP) is 7.08. The number of carbonyl (C=O) groups is 4. The van der Waals surface area contributed by atoms with Crippen molar-refractivity contribution < 1.29 is 42.9 Å². The van der Waals surface area contributed by atoms with Crippen LogP contribution in [-0.2, 0) is 23.8 Å². The van der Waals surface area contributed by atoms with Gasteiger partial charge in [-0.2, -0.15) is 0 Å². The number of hydrogen-bond acceptors (Lipinski definition) is 9. The van der Waals surface area contributed by atoms with E-state index in [1.165, 1.54) is 31.4 Å². The van der Waals surface area contributed by atoms with E-state index in [1.54, 1.807) is 26.0 Å². The molecular weight excluding hydrogens is 588 g/mol. The molecule has 1 aliphatic rings. The summed E-state index contributed by atoms with van der Waals surface area (Å²) in [6, 6.07) is 9.17. The van der Waals surface area contributed by atoms with Gasteiger partial charge in [0.25, 0.3) is 0 Å². The van der Waals surface area contributed by atoms with Gasteiger partial charge in [0.2, 0.25) is 5.78 Å². The summed E-state index contributed by atoms with van der Waals surface area (Å²) in [4.78, 5) is 52.5. The molecule has 0 aliphatic heterocycles. The molecule has 0 fully saturated rings. The van der Waals surface area contributed by atoms with Crippen LogP contribution < -0.4 is 9.47 Å². The fourth-order valence-electron chi connectivity index (χ4n) is 5.75. The summed E-state index contributed by atoms with van der Waals surface area (Å²) in [6.07, 6.45) is 5.35. The van der Waals surface area contributed by atoms with Crippen molar-refractivity contribution in [2.75, 3.05) is 20.3 Å². The van der Waals surface area contributed by atoms with Crippen LogP contribution in [0.15, 0.2) is 36.4 Å². The van der Waals surface area contributed by atoms with Gasteiger partial charge in [0.05, 0.1) is 12.7 Å². The molecule has 2 unspecified atom stereocenters. The van der Waals surface area contributed by atoms with Crippen molar-refractivity contribution in [3.05, 3.63) is 58.7 Å². The highest BCUT2D eigenvalue weighted by Gasteiger charge is 2.39. The Hall–Kier alpha value is -3.56. The van der Waals surface area contributed by atoms with Gasteiger partial charge in [0.1, 0.15) is 17.1 Å². The van der Waals surface area contributed by atoms with Gasteiger partial charge in [0.15, 0.2) is 23.8 Å². The SMILES string of the molecule is CCC(CC)OCCCCCCOC(=O)C(C)Oc1ccc2c(c1)C(=O)c1ccc(OC(C)C(=O)C(CC)(CC)OC)cc1C2=O. The normalized spacial score (nSPS) is 14.0. The molecule has 0 saturated carbocycles. The van der Waals surface area contributed by atoms with Crippen LogP contribution >= 0.6 is 0 Å². The molecule has 1 aliphatic carbocycles. The predicted molar refractivity (Wildman–Crippen MR) is 175 cm³/mol. The average molecular weight is 639 g/mol. The van der Waals surface area contributed by atoms with Gasteiger partial charge in [-0.1, -0.05) is 34.1 Å². The van der Waals surface area contributed by atoms with Gasteiger partial charge in [-0.05, 0) is 95.2 Å². The third-order valence-electron chi connectivity index (χ3n) is 8.82. The van der Waals surface area contributed by atoms with E-state index in [-0.39, 0.29) is 45.4 Å². The zero-order valence-electron chi connectivity index (χ0n) is 28.4. The number of Topliss-reactive ketones (excluding diaryl/α,β-unsaturated/α-hetero) is 1. The number of ether oxygens (including phenoxy) is 5. The average Bonchev–Trinajstić information content (AvgIpc) is 3.07. The van der Waals surface area contributed by atoms with Gasteiger partial charge in [-0.3, -0.25) is 14.4 Å². The van der Waals surface area contributed by atoms with Gasteiger partial charge in [0, 0.05) is 36.0 Å². The first-order chi connectivity index (χ1) is 22.0. The summed E-state index contributed by atoms with van der Waals surface area (Å²) in [5, 5.41) is 0. The van der Waals surface area contributed by atoms with E-state index in [0.29, 0.717) is 31.3 Å². The number of ketones is 3. The van der Waals surface area contributed by atoms with E-state index < -0.39 is 23.8 Å². The van der Waals surface area contributed by atoms with Crippen LogP contribution in [0.25, 0.3) is 0 Å². The highest BCUT2D eigenvalue weighted by Crippen LogP contribution is 2.33. The maximum atomic E-state index is 13.4. The molecule has 3 rings (SSSR count). The van der Waals surface area contributed by atoms with Gasteiger partial charge in [-0.15, -0.1) is 0 Å². The monoisotopic (exact) mass is 638 g/mol. The highest BCUT2D eigenvalue weighted by molar-refractivity contribution is 6.28. The lowest BCUT2D eigenvalue weighted by atomic mass is 9.84. The number of fused-ring (bicyclic) bond motifs is 2. The minimum Gasteiger partial charge on any atom is -0.483 e. The smallest absolute Gasteiger partial charge is 0.347 e. The van der Waals surface area contributed by atoms with Crippen LogP contribution in [0.5, 0.6) is 11.5 Å². The molecule has 0 saturated heterocycles. The number of benzene rings is 2. The van der Waals surface area contributed by atoms with Crippen molar-refractivity contribution in [3.63, 3.8) is 0 Å². The van der Waals surface area contributed by atoms with Crippen molar-refractivity contribution in [3.8, 4) is 11.5 Å². The Bertz CT molecular complexity index is 1350. The minimum absolute atomic E-state index is 0.190. The number of rotatable bonds is 20. The van der Waals surface area contributed by atoms with Crippen molar-refractivity contribution in [1.82, 2.24) is 0 Å². The zero-order chi connectivity index (χ0) is 33.9.